The summed E-state index contributed by atoms with van der Waals surface area (Å²) in [4.78, 5) is 14.6. The average molecular weight is 509 g/mol. The molecule has 3 atom stereocenters. The normalized spacial score (nSPS) is 22.1. The second kappa shape index (κ2) is 11.2. The summed E-state index contributed by atoms with van der Waals surface area (Å²) < 4.78 is 5.80. The van der Waals surface area contributed by atoms with Crippen LogP contribution in [-0.4, -0.2) is 40.5 Å². The third-order valence-electron chi connectivity index (χ3n) is 6.82. The highest BCUT2D eigenvalue weighted by molar-refractivity contribution is 6.30. The van der Waals surface area contributed by atoms with Gasteiger partial charge in [-0.2, -0.15) is 5.10 Å². The molecule has 0 aromatic heterocycles. The average Bonchev–Trinajstić information content (AvgIpc) is 3.51. The van der Waals surface area contributed by atoms with Crippen molar-refractivity contribution in [1.82, 2.24) is 26.1 Å². The Labute approximate surface area is 217 Å². The van der Waals surface area contributed by atoms with Crippen molar-refractivity contribution in [2.24, 2.45) is 5.10 Å². The molecule has 1 amide bonds. The number of benzene rings is 2. The Balaban J connectivity index is 1.11. The Morgan fingerprint density at radius 1 is 1.22 bits per heavy atom. The van der Waals surface area contributed by atoms with Crippen molar-refractivity contribution < 1.29 is 9.53 Å². The van der Waals surface area contributed by atoms with Crippen molar-refractivity contribution in [3.05, 3.63) is 77.1 Å². The van der Waals surface area contributed by atoms with E-state index in [-0.39, 0.29) is 24.2 Å². The van der Waals surface area contributed by atoms with Crippen molar-refractivity contribution in [3.8, 4) is 5.75 Å². The highest BCUT2D eigenvalue weighted by Gasteiger charge is 2.44. The third kappa shape index (κ3) is 5.60. The van der Waals surface area contributed by atoms with Gasteiger partial charge in [0.05, 0.1) is 18.7 Å². The monoisotopic (exact) mass is 508 g/mol. The molecule has 3 N–H and O–H groups in total. The van der Waals surface area contributed by atoms with Gasteiger partial charge in [0.1, 0.15) is 17.8 Å². The first kappa shape index (κ1) is 24.5. The molecule has 0 bridgehead atoms. The molecule has 3 aliphatic heterocycles. The molecule has 2 aromatic carbocycles. The van der Waals surface area contributed by atoms with Gasteiger partial charge < -0.3 is 20.0 Å². The number of amidine groups is 1. The molecule has 0 radical (unpaired) electrons. The van der Waals surface area contributed by atoms with Gasteiger partial charge in [0.2, 0.25) is 5.91 Å². The van der Waals surface area contributed by atoms with Gasteiger partial charge in [-0.05, 0) is 48.2 Å². The minimum Gasteiger partial charge on any atom is -0.494 e. The van der Waals surface area contributed by atoms with Gasteiger partial charge >= 0.3 is 0 Å². The Bertz CT molecular complexity index is 1120. The van der Waals surface area contributed by atoms with Crippen LogP contribution >= 0.6 is 11.6 Å². The molecule has 36 heavy (non-hydrogen) atoms. The lowest BCUT2D eigenvalue weighted by atomic mass is 9.99. The van der Waals surface area contributed by atoms with Crippen molar-refractivity contribution in [2.45, 2.75) is 63.8 Å². The first-order valence-corrected chi connectivity index (χ1v) is 13.1. The largest absolute Gasteiger partial charge is 0.494 e. The number of carbonyl (C=O) groups excluding carboxylic acids is 1. The molecule has 5 rings (SSSR count). The van der Waals surface area contributed by atoms with Crippen LogP contribution in [0.25, 0.3) is 0 Å². The summed E-state index contributed by atoms with van der Waals surface area (Å²) in [7, 11) is 0. The van der Waals surface area contributed by atoms with Crippen molar-refractivity contribution >= 4 is 23.3 Å². The minimum atomic E-state index is -0.00606. The van der Waals surface area contributed by atoms with Crippen molar-refractivity contribution in [3.63, 3.8) is 0 Å². The SMILES string of the molecule is CCCCOc1ccc(C2CC3C4NN=C(CCC(=O)NCc5cccc(Cl)c5)N4C=CN3N2)cc1. The second-order valence-corrected chi connectivity index (χ2v) is 9.81. The lowest BCUT2D eigenvalue weighted by Gasteiger charge is -2.37. The van der Waals surface area contributed by atoms with Gasteiger partial charge in [-0.1, -0.05) is 49.2 Å². The second-order valence-electron chi connectivity index (χ2n) is 9.38. The smallest absolute Gasteiger partial charge is 0.220 e. The molecule has 0 saturated carbocycles. The number of hydrogen-bond acceptors (Lipinski definition) is 7. The molecule has 0 spiro atoms. The predicted molar refractivity (Wildman–Crippen MR) is 141 cm³/mol. The number of hydrogen-bond donors (Lipinski definition) is 3. The summed E-state index contributed by atoms with van der Waals surface area (Å²) in [5, 5.41) is 10.4. The maximum atomic E-state index is 12.4. The van der Waals surface area contributed by atoms with E-state index in [0.29, 0.717) is 24.4 Å². The van der Waals surface area contributed by atoms with E-state index in [0.717, 1.165) is 43.0 Å². The molecule has 3 heterocycles. The molecule has 190 valence electrons. The van der Waals surface area contributed by atoms with Crippen LogP contribution in [0.5, 0.6) is 5.75 Å². The summed E-state index contributed by atoms with van der Waals surface area (Å²) >= 11 is 6.02. The Hall–Kier alpha value is -3.23. The molecule has 3 unspecified atom stereocenters. The summed E-state index contributed by atoms with van der Waals surface area (Å²) in [5.74, 6) is 1.79. The van der Waals surface area contributed by atoms with Crippen LogP contribution < -0.4 is 20.9 Å². The standard InChI is InChI=1S/C27H33ClN6O2/c1-2-3-15-36-22-9-7-20(8-10-22)23-17-24-27-31-30-25(33(27)13-14-34(24)32-23)11-12-26(35)29-18-19-5-4-6-21(28)16-19/h4-10,13-14,16,23-24,27,31-32H,2-3,11-12,15,17-18H2,1H3,(H,29,35). The van der Waals surface area contributed by atoms with Gasteiger partial charge in [-0.3, -0.25) is 10.2 Å². The van der Waals surface area contributed by atoms with Crippen LogP contribution in [0.1, 0.15) is 56.2 Å². The van der Waals surface area contributed by atoms with E-state index in [1.54, 1.807) is 0 Å². The van der Waals surface area contributed by atoms with Gasteiger partial charge in [0.25, 0.3) is 0 Å². The number of amides is 1. The van der Waals surface area contributed by atoms with E-state index in [1.165, 1.54) is 5.56 Å². The summed E-state index contributed by atoms with van der Waals surface area (Å²) in [5.41, 5.74) is 9.12. The minimum absolute atomic E-state index is 0.00606. The number of hydrazone groups is 1. The number of unbranched alkanes of at least 4 members (excludes halogenated alkanes) is 1. The zero-order chi connectivity index (χ0) is 24.9. The fourth-order valence-corrected chi connectivity index (χ4v) is 5.03. The summed E-state index contributed by atoms with van der Waals surface area (Å²) in [6.07, 6.45) is 8.21. The van der Waals surface area contributed by atoms with Crippen molar-refractivity contribution in [2.75, 3.05) is 6.61 Å². The maximum Gasteiger partial charge on any atom is 0.220 e. The Kier molecular flexibility index (Phi) is 7.63. The van der Waals surface area contributed by atoms with Gasteiger partial charge in [-0.25, -0.2) is 5.43 Å². The highest BCUT2D eigenvalue weighted by Crippen LogP contribution is 2.34. The Morgan fingerprint density at radius 3 is 2.89 bits per heavy atom. The molecule has 1 saturated heterocycles. The number of halogens is 1. The quantitative estimate of drug-likeness (QED) is 0.416. The number of nitrogens with zero attached hydrogens (tertiary/aromatic N) is 3. The number of rotatable bonds is 10. The molecule has 8 nitrogen and oxygen atoms in total. The summed E-state index contributed by atoms with van der Waals surface area (Å²) in [6, 6.07) is 16.3. The van der Waals surface area contributed by atoms with E-state index >= 15 is 0 Å². The molecule has 2 aromatic rings. The van der Waals surface area contributed by atoms with Gasteiger partial charge in [0.15, 0.2) is 0 Å². The van der Waals surface area contributed by atoms with Crippen molar-refractivity contribution in [1.29, 1.82) is 0 Å². The van der Waals surface area contributed by atoms with Crippen LogP contribution in [-0.2, 0) is 11.3 Å². The van der Waals surface area contributed by atoms with Crippen LogP contribution in [0.4, 0.5) is 0 Å². The first-order valence-electron chi connectivity index (χ1n) is 12.7. The molecular formula is C27H33ClN6O2. The van der Waals surface area contributed by atoms with Crippen LogP contribution in [0.3, 0.4) is 0 Å². The molecular weight excluding hydrogens is 476 g/mol. The fourth-order valence-electron chi connectivity index (χ4n) is 4.82. The number of carbonyl (C=O) groups is 1. The molecule has 3 aliphatic rings. The van der Waals surface area contributed by atoms with Crippen LogP contribution in [0, 0.1) is 0 Å². The van der Waals surface area contributed by atoms with Gasteiger partial charge in [-0.15, -0.1) is 0 Å². The van der Waals surface area contributed by atoms with E-state index < -0.39 is 0 Å². The Morgan fingerprint density at radius 2 is 2.08 bits per heavy atom. The number of nitrogens with one attached hydrogen (secondary N) is 3. The molecule has 9 heteroatoms. The van der Waals surface area contributed by atoms with Crippen LogP contribution in [0.2, 0.25) is 5.02 Å². The number of hydrazine groups is 1. The molecule has 0 aliphatic carbocycles. The zero-order valence-corrected chi connectivity index (χ0v) is 21.2. The van der Waals surface area contributed by atoms with Crippen LogP contribution in [0.15, 0.2) is 66.0 Å². The predicted octanol–water partition coefficient (Wildman–Crippen LogP) is 4.27. The fraction of sp³-hybridized carbons (Fsp3) is 0.407. The lowest BCUT2D eigenvalue weighted by molar-refractivity contribution is -0.121. The summed E-state index contributed by atoms with van der Waals surface area (Å²) in [6.45, 7) is 3.39. The molecule has 1 fully saturated rings. The van der Waals surface area contributed by atoms with E-state index in [1.807, 2.05) is 30.5 Å². The van der Waals surface area contributed by atoms with E-state index in [9.17, 15) is 4.79 Å². The van der Waals surface area contributed by atoms with E-state index in [4.69, 9.17) is 16.3 Å². The van der Waals surface area contributed by atoms with E-state index in [2.05, 4.69) is 68.6 Å². The third-order valence-corrected chi connectivity index (χ3v) is 7.05. The topological polar surface area (TPSA) is 81.2 Å². The zero-order valence-electron chi connectivity index (χ0n) is 20.5. The van der Waals surface area contributed by atoms with Gasteiger partial charge in [0, 0.05) is 36.8 Å². The first-order chi connectivity index (χ1) is 17.6. The lowest BCUT2D eigenvalue weighted by Crippen LogP contribution is -2.54. The maximum absolute atomic E-state index is 12.4. The number of ether oxygens (including phenoxy) is 1. The highest BCUT2D eigenvalue weighted by atomic mass is 35.5. The number of fused-ring (bicyclic) bond motifs is 3.